The van der Waals surface area contributed by atoms with E-state index >= 15 is 0 Å². The van der Waals surface area contributed by atoms with Crippen LogP contribution in [-0.4, -0.2) is 28.6 Å². The Labute approximate surface area is 109 Å². The summed E-state index contributed by atoms with van der Waals surface area (Å²) in [6, 6.07) is 4.79. The Bertz CT molecular complexity index is 629. The number of benzene rings is 1. The topological polar surface area (TPSA) is 53.4 Å². The fourth-order valence-corrected chi connectivity index (χ4v) is 1.70. The zero-order valence-electron chi connectivity index (χ0n) is 11.2. The molecule has 0 amide bonds. The van der Waals surface area contributed by atoms with Crippen molar-refractivity contribution in [3.05, 3.63) is 24.1 Å². The lowest BCUT2D eigenvalue weighted by molar-refractivity contribution is 0.0518. The maximum Gasteiger partial charge on any atom is 0.436 e. The van der Waals surface area contributed by atoms with E-state index in [0.29, 0.717) is 5.75 Å². The van der Waals surface area contributed by atoms with Crippen LogP contribution in [0.25, 0.3) is 10.9 Å². The number of nitrogens with zero attached hydrogens (tertiary/aromatic N) is 2. The summed E-state index contributed by atoms with van der Waals surface area (Å²) in [6.45, 7) is 5.18. The highest BCUT2D eigenvalue weighted by Gasteiger charge is 2.24. The van der Waals surface area contributed by atoms with Crippen LogP contribution in [0.1, 0.15) is 20.8 Å². The maximum absolute atomic E-state index is 13.7. The molecule has 0 aliphatic carbocycles. The van der Waals surface area contributed by atoms with E-state index in [-0.39, 0.29) is 10.9 Å². The van der Waals surface area contributed by atoms with Crippen molar-refractivity contribution in [1.82, 2.24) is 9.78 Å². The van der Waals surface area contributed by atoms with Crippen molar-refractivity contribution in [2.24, 2.45) is 0 Å². The largest absolute Gasteiger partial charge is 0.494 e. The second kappa shape index (κ2) is 4.53. The first-order chi connectivity index (χ1) is 8.83. The van der Waals surface area contributed by atoms with Gasteiger partial charge in [0, 0.05) is 0 Å². The average Bonchev–Trinajstić information content (AvgIpc) is 2.65. The number of halogens is 1. The minimum Gasteiger partial charge on any atom is -0.494 e. The highest BCUT2D eigenvalue weighted by Crippen LogP contribution is 2.27. The first-order valence-corrected chi connectivity index (χ1v) is 5.78. The van der Waals surface area contributed by atoms with Crippen LogP contribution in [-0.2, 0) is 4.74 Å². The predicted octanol–water partition coefficient (Wildman–Crippen LogP) is 2.97. The third kappa shape index (κ3) is 2.52. The lowest BCUT2D eigenvalue weighted by atomic mass is 10.2. The minimum absolute atomic E-state index is 0.213. The van der Waals surface area contributed by atoms with Crippen LogP contribution in [0.2, 0.25) is 0 Å². The van der Waals surface area contributed by atoms with Gasteiger partial charge in [-0.3, -0.25) is 0 Å². The molecule has 19 heavy (non-hydrogen) atoms. The van der Waals surface area contributed by atoms with Gasteiger partial charge in [-0.15, -0.1) is 5.10 Å². The van der Waals surface area contributed by atoms with Crippen molar-refractivity contribution in [2.45, 2.75) is 26.4 Å². The third-order valence-electron chi connectivity index (χ3n) is 2.41. The number of para-hydroxylation sites is 1. The highest BCUT2D eigenvalue weighted by atomic mass is 19.1. The smallest absolute Gasteiger partial charge is 0.436 e. The molecule has 6 heteroatoms. The van der Waals surface area contributed by atoms with Crippen molar-refractivity contribution in [3.63, 3.8) is 0 Å². The highest BCUT2D eigenvalue weighted by molar-refractivity contribution is 5.92. The average molecular weight is 266 g/mol. The van der Waals surface area contributed by atoms with Crippen LogP contribution in [0.3, 0.4) is 0 Å². The van der Waals surface area contributed by atoms with E-state index in [1.54, 1.807) is 32.9 Å². The van der Waals surface area contributed by atoms with Gasteiger partial charge in [0.25, 0.3) is 0 Å². The summed E-state index contributed by atoms with van der Waals surface area (Å²) in [5.41, 5.74) is -0.426. The van der Waals surface area contributed by atoms with Gasteiger partial charge in [-0.1, -0.05) is 6.07 Å². The Morgan fingerprint density at radius 1 is 1.37 bits per heavy atom. The van der Waals surface area contributed by atoms with Crippen LogP contribution in [0.4, 0.5) is 9.18 Å². The van der Waals surface area contributed by atoms with E-state index < -0.39 is 17.6 Å². The van der Waals surface area contributed by atoms with Gasteiger partial charge in [0.2, 0.25) is 5.95 Å². The number of carbonyl (C=O) groups excluding carboxylic acids is 1. The summed E-state index contributed by atoms with van der Waals surface area (Å²) in [7, 11) is 1.44. The van der Waals surface area contributed by atoms with E-state index in [2.05, 4.69) is 5.10 Å². The van der Waals surface area contributed by atoms with Gasteiger partial charge >= 0.3 is 6.09 Å². The first kappa shape index (κ1) is 13.3. The Morgan fingerprint density at radius 2 is 2.05 bits per heavy atom. The van der Waals surface area contributed by atoms with Gasteiger partial charge in [-0.05, 0) is 32.9 Å². The number of fused-ring (bicyclic) bond motifs is 1. The summed E-state index contributed by atoms with van der Waals surface area (Å²) < 4.78 is 24.9. The van der Waals surface area contributed by atoms with Crippen LogP contribution < -0.4 is 4.74 Å². The van der Waals surface area contributed by atoms with Crippen LogP contribution in [0.5, 0.6) is 5.75 Å². The van der Waals surface area contributed by atoms with Crippen molar-refractivity contribution in [3.8, 4) is 5.75 Å². The number of hydrogen-bond acceptors (Lipinski definition) is 4. The summed E-state index contributed by atoms with van der Waals surface area (Å²) >= 11 is 0. The number of aromatic nitrogens is 2. The van der Waals surface area contributed by atoms with E-state index in [9.17, 15) is 9.18 Å². The Balaban J connectivity index is 2.58. The molecular weight excluding hydrogens is 251 g/mol. The molecule has 0 spiro atoms. The third-order valence-corrected chi connectivity index (χ3v) is 2.41. The second-order valence-electron chi connectivity index (χ2n) is 5.04. The van der Waals surface area contributed by atoms with Crippen molar-refractivity contribution >= 4 is 17.0 Å². The number of methoxy groups -OCH3 is 1. The van der Waals surface area contributed by atoms with E-state index in [4.69, 9.17) is 9.47 Å². The molecule has 0 unspecified atom stereocenters. The van der Waals surface area contributed by atoms with Gasteiger partial charge in [-0.25, -0.2) is 4.79 Å². The summed E-state index contributed by atoms with van der Waals surface area (Å²) in [5.74, 6) is -0.375. The van der Waals surface area contributed by atoms with Crippen LogP contribution >= 0.6 is 0 Å². The quantitative estimate of drug-likeness (QED) is 0.796. The van der Waals surface area contributed by atoms with Gasteiger partial charge < -0.3 is 9.47 Å². The maximum atomic E-state index is 13.7. The molecule has 0 radical (unpaired) electrons. The molecule has 2 aromatic rings. The normalized spacial score (nSPS) is 11.6. The Kier molecular flexibility index (Phi) is 3.18. The molecule has 1 heterocycles. The summed E-state index contributed by atoms with van der Waals surface area (Å²) in [5, 5.41) is 3.79. The molecule has 0 fully saturated rings. The minimum atomic E-state index is -0.745. The van der Waals surface area contributed by atoms with Crippen LogP contribution in [0.15, 0.2) is 18.2 Å². The number of carbonyl (C=O) groups is 1. The predicted molar refractivity (Wildman–Crippen MR) is 67.9 cm³/mol. The van der Waals surface area contributed by atoms with Gasteiger partial charge in [0.1, 0.15) is 16.9 Å². The molecule has 0 aliphatic rings. The second-order valence-corrected chi connectivity index (χ2v) is 5.04. The number of ether oxygens (including phenoxy) is 2. The van der Waals surface area contributed by atoms with E-state index in [1.165, 1.54) is 13.2 Å². The van der Waals surface area contributed by atoms with Crippen molar-refractivity contribution in [2.75, 3.05) is 7.11 Å². The van der Waals surface area contributed by atoms with Gasteiger partial charge in [0.05, 0.1) is 12.5 Å². The van der Waals surface area contributed by atoms with Crippen molar-refractivity contribution < 1.29 is 18.7 Å². The molecule has 0 N–H and O–H groups in total. The lowest BCUT2D eigenvalue weighted by Gasteiger charge is -2.19. The Hall–Kier alpha value is -2.11. The molecule has 2 rings (SSSR count). The molecule has 102 valence electrons. The zero-order chi connectivity index (χ0) is 14.2. The Morgan fingerprint density at radius 3 is 2.63 bits per heavy atom. The molecule has 0 saturated heterocycles. The number of rotatable bonds is 1. The van der Waals surface area contributed by atoms with Crippen molar-refractivity contribution in [1.29, 1.82) is 0 Å². The fraction of sp³-hybridized carbons (Fsp3) is 0.385. The molecule has 1 aromatic carbocycles. The first-order valence-electron chi connectivity index (χ1n) is 5.78. The zero-order valence-corrected chi connectivity index (χ0v) is 11.2. The standard InChI is InChI=1S/C13H15FN2O3/c1-13(2,3)19-12(17)16-10-8(11(14)15-16)6-5-7-9(10)18-4/h5-7H,1-4H3. The number of hydrogen-bond donors (Lipinski definition) is 0. The summed E-state index contributed by atoms with van der Waals surface area (Å²) in [6.07, 6.45) is -0.745. The SMILES string of the molecule is COc1cccc2c(F)nn(C(=O)OC(C)(C)C)c12. The molecule has 0 bridgehead atoms. The van der Waals surface area contributed by atoms with Gasteiger partial charge in [0.15, 0.2) is 0 Å². The molecule has 0 aliphatic heterocycles. The molecular formula is C13H15FN2O3. The molecule has 5 nitrogen and oxygen atoms in total. The summed E-state index contributed by atoms with van der Waals surface area (Å²) in [4.78, 5) is 12.0. The molecule has 0 atom stereocenters. The fourth-order valence-electron chi connectivity index (χ4n) is 1.70. The van der Waals surface area contributed by atoms with Gasteiger partial charge in [-0.2, -0.15) is 9.07 Å². The van der Waals surface area contributed by atoms with E-state index in [1.807, 2.05) is 0 Å². The molecule has 1 aromatic heterocycles. The lowest BCUT2D eigenvalue weighted by Crippen LogP contribution is -2.27. The molecule has 0 saturated carbocycles. The van der Waals surface area contributed by atoms with Crippen LogP contribution in [0, 0.1) is 5.95 Å². The monoisotopic (exact) mass is 266 g/mol. The van der Waals surface area contributed by atoms with E-state index in [0.717, 1.165) is 4.68 Å².